The van der Waals surface area contributed by atoms with E-state index < -0.39 is 0 Å². The van der Waals surface area contributed by atoms with Gasteiger partial charge in [-0.2, -0.15) is 0 Å². The molecular weight excluding hydrogens is 210 g/mol. The monoisotopic (exact) mass is 219 g/mol. The maximum absolute atomic E-state index is 9.44. The Balaban J connectivity index is 2.03. The Kier molecular flexibility index (Phi) is 3.04. The summed E-state index contributed by atoms with van der Waals surface area (Å²) in [6.45, 7) is 0. The van der Waals surface area contributed by atoms with E-state index in [-0.39, 0.29) is 5.75 Å². The fourth-order valence-electron chi connectivity index (χ4n) is 1.03. The quantitative estimate of drug-likeness (QED) is 0.614. The van der Waals surface area contributed by atoms with Crippen molar-refractivity contribution in [2.24, 2.45) is 4.40 Å². The van der Waals surface area contributed by atoms with Crippen LogP contribution >= 0.6 is 11.9 Å². The Morgan fingerprint density at radius 1 is 1.40 bits per heavy atom. The molecule has 1 aromatic heterocycles. The maximum atomic E-state index is 9.44. The van der Waals surface area contributed by atoms with Crippen LogP contribution in [0.15, 0.2) is 46.2 Å². The van der Waals surface area contributed by atoms with Crippen molar-refractivity contribution in [3.63, 3.8) is 0 Å². The summed E-state index contributed by atoms with van der Waals surface area (Å²) in [6, 6.07) is 7.03. The zero-order valence-corrected chi connectivity index (χ0v) is 8.61. The number of aromatic hydroxyl groups is 1. The molecule has 15 heavy (non-hydrogen) atoms. The van der Waals surface area contributed by atoms with E-state index in [1.165, 1.54) is 11.9 Å². The molecule has 2 rings (SSSR count). The summed E-state index contributed by atoms with van der Waals surface area (Å²) in [4.78, 5) is 6.91. The number of hydrogen-bond acceptors (Lipinski definition) is 4. The second kappa shape index (κ2) is 4.65. The highest BCUT2D eigenvalue weighted by Crippen LogP contribution is 2.16. The second-order valence-corrected chi connectivity index (χ2v) is 3.56. The van der Waals surface area contributed by atoms with Crippen LogP contribution in [0.5, 0.6) is 5.75 Å². The summed E-state index contributed by atoms with van der Waals surface area (Å²) >= 11 is 1.22. The van der Waals surface area contributed by atoms with Crippen LogP contribution in [0, 0.1) is 0 Å². The number of rotatable bonds is 3. The van der Waals surface area contributed by atoms with Crippen LogP contribution in [0.25, 0.3) is 0 Å². The number of nitrogens with zero attached hydrogens (tertiary/aromatic N) is 2. The molecule has 0 fully saturated rings. The number of nitrogens with one attached hydrogen (secondary N) is 1. The van der Waals surface area contributed by atoms with Crippen molar-refractivity contribution in [2.75, 3.05) is 0 Å². The Bertz CT molecular complexity index is 453. The van der Waals surface area contributed by atoms with Gasteiger partial charge in [0.15, 0.2) is 5.16 Å². The SMILES string of the molecule is Oc1ccccc1C=NSc1ncc[nH]1. The molecule has 4 nitrogen and oxygen atoms in total. The van der Waals surface area contributed by atoms with E-state index in [0.717, 1.165) is 5.16 Å². The Morgan fingerprint density at radius 3 is 3.00 bits per heavy atom. The standard InChI is InChI=1S/C10H9N3OS/c14-9-4-2-1-3-8(9)7-13-15-10-11-5-6-12-10/h1-7,14H,(H,11,12). The molecule has 76 valence electrons. The predicted molar refractivity (Wildman–Crippen MR) is 60.1 cm³/mol. The summed E-state index contributed by atoms with van der Waals surface area (Å²) in [7, 11) is 0. The topological polar surface area (TPSA) is 61.3 Å². The first-order valence-electron chi connectivity index (χ1n) is 4.34. The number of phenolic OH excluding ortho intramolecular Hbond substituents is 1. The molecule has 0 aliphatic carbocycles. The molecule has 1 aromatic carbocycles. The summed E-state index contributed by atoms with van der Waals surface area (Å²) in [5.74, 6) is 0.223. The number of hydrogen-bond donors (Lipinski definition) is 2. The molecule has 0 bridgehead atoms. The third-order valence-electron chi connectivity index (χ3n) is 1.74. The summed E-state index contributed by atoms with van der Waals surface area (Å²) < 4.78 is 4.08. The van der Waals surface area contributed by atoms with E-state index in [4.69, 9.17) is 0 Å². The second-order valence-electron chi connectivity index (χ2n) is 2.78. The first-order chi connectivity index (χ1) is 7.36. The predicted octanol–water partition coefficient (Wildman–Crippen LogP) is 2.24. The zero-order valence-electron chi connectivity index (χ0n) is 7.79. The molecule has 2 N–H and O–H groups in total. The molecule has 0 saturated carbocycles. The Hall–Kier alpha value is -1.75. The molecule has 2 aromatic rings. The van der Waals surface area contributed by atoms with Crippen molar-refractivity contribution in [2.45, 2.75) is 5.16 Å². The number of para-hydroxylation sites is 1. The van der Waals surface area contributed by atoms with Crippen molar-refractivity contribution in [3.8, 4) is 5.75 Å². The Morgan fingerprint density at radius 2 is 2.27 bits per heavy atom. The highest BCUT2D eigenvalue weighted by Gasteiger charge is 1.95. The van der Waals surface area contributed by atoms with Crippen LogP contribution in [-0.2, 0) is 0 Å². The van der Waals surface area contributed by atoms with Crippen LogP contribution < -0.4 is 0 Å². The number of H-pyrrole nitrogens is 1. The van der Waals surface area contributed by atoms with Crippen LogP contribution in [0.2, 0.25) is 0 Å². The number of phenols is 1. The molecule has 0 saturated heterocycles. The lowest BCUT2D eigenvalue weighted by molar-refractivity contribution is 0.474. The summed E-state index contributed by atoms with van der Waals surface area (Å²) in [5, 5.41) is 10.2. The van der Waals surface area contributed by atoms with Gasteiger partial charge in [-0.15, -0.1) is 0 Å². The molecule has 0 aliphatic heterocycles. The molecule has 0 radical (unpaired) electrons. The summed E-state index contributed by atoms with van der Waals surface area (Å²) in [5.41, 5.74) is 0.691. The van der Waals surface area contributed by atoms with E-state index >= 15 is 0 Å². The molecule has 0 aliphatic rings. The first kappa shape index (κ1) is 9.79. The number of aromatic amines is 1. The molecular formula is C10H9N3OS. The van der Waals surface area contributed by atoms with Gasteiger partial charge in [-0.1, -0.05) is 12.1 Å². The van der Waals surface area contributed by atoms with Gasteiger partial charge in [0.2, 0.25) is 0 Å². The van der Waals surface area contributed by atoms with Crippen LogP contribution in [0.1, 0.15) is 5.56 Å². The number of benzene rings is 1. The van der Waals surface area contributed by atoms with Gasteiger partial charge in [0.1, 0.15) is 5.75 Å². The number of imidazole rings is 1. The van der Waals surface area contributed by atoms with Gasteiger partial charge in [0.25, 0.3) is 0 Å². The number of aromatic nitrogens is 2. The van der Waals surface area contributed by atoms with Gasteiger partial charge >= 0.3 is 0 Å². The van der Waals surface area contributed by atoms with Crippen LogP contribution in [0.4, 0.5) is 0 Å². The van der Waals surface area contributed by atoms with Crippen molar-refractivity contribution in [3.05, 3.63) is 42.2 Å². The lowest BCUT2D eigenvalue weighted by atomic mass is 10.2. The Labute approximate surface area is 91.2 Å². The largest absolute Gasteiger partial charge is 0.507 e. The van der Waals surface area contributed by atoms with Crippen LogP contribution in [-0.4, -0.2) is 21.3 Å². The van der Waals surface area contributed by atoms with E-state index in [9.17, 15) is 5.11 Å². The van der Waals surface area contributed by atoms with E-state index in [1.807, 2.05) is 6.07 Å². The van der Waals surface area contributed by atoms with E-state index in [1.54, 1.807) is 36.8 Å². The van der Waals surface area contributed by atoms with Gasteiger partial charge < -0.3 is 10.1 Å². The van der Waals surface area contributed by atoms with Crippen molar-refractivity contribution >= 4 is 18.2 Å². The van der Waals surface area contributed by atoms with Gasteiger partial charge in [-0.05, 0) is 12.1 Å². The van der Waals surface area contributed by atoms with E-state index in [2.05, 4.69) is 14.4 Å². The van der Waals surface area contributed by atoms with Crippen LogP contribution in [0.3, 0.4) is 0 Å². The maximum Gasteiger partial charge on any atom is 0.188 e. The third-order valence-corrected chi connectivity index (χ3v) is 2.35. The van der Waals surface area contributed by atoms with Gasteiger partial charge in [0, 0.05) is 36.1 Å². The lowest BCUT2D eigenvalue weighted by Crippen LogP contribution is -1.80. The van der Waals surface area contributed by atoms with Crippen molar-refractivity contribution < 1.29 is 5.11 Å². The minimum atomic E-state index is 0.223. The van der Waals surface area contributed by atoms with E-state index in [0.29, 0.717) is 5.56 Å². The molecule has 5 heteroatoms. The zero-order chi connectivity index (χ0) is 10.5. The highest BCUT2D eigenvalue weighted by atomic mass is 32.2. The normalized spacial score (nSPS) is 10.9. The molecule has 0 atom stereocenters. The average Bonchev–Trinajstić information content (AvgIpc) is 2.74. The van der Waals surface area contributed by atoms with Crippen molar-refractivity contribution in [1.29, 1.82) is 0 Å². The smallest absolute Gasteiger partial charge is 0.188 e. The molecule has 1 heterocycles. The van der Waals surface area contributed by atoms with Gasteiger partial charge in [0.05, 0.1) is 0 Å². The minimum absolute atomic E-state index is 0.223. The third kappa shape index (κ3) is 2.60. The van der Waals surface area contributed by atoms with Gasteiger partial charge in [-0.25, -0.2) is 9.38 Å². The van der Waals surface area contributed by atoms with Gasteiger partial charge in [-0.3, -0.25) is 0 Å². The lowest BCUT2D eigenvalue weighted by Gasteiger charge is -1.95. The average molecular weight is 219 g/mol. The molecule has 0 amide bonds. The highest BCUT2D eigenvalue weighted by molar-refractivity contribution is 7.98. The fraction of sp³-hybridized carbons (Fsp3) is 0. The van der Waals surface area contributed by atoms with Crippen molar-refractivity contribution in [1.82, 2.24) is 9.97 Å². The first-order valence-corrected chi connectivity index (χ1v) is 5.11. The fourth-order valence-corrected chi connectivity index (χ4v) is 1.53. The molecule has 0 unspecified atom stereocenters. The molecule has 0 spiro atoms. The summed E-state index contributed by atoms with van der Waals surface area (Å²) in [6.07, 6.45) is 5.00. The minimum Gasteiger partial charge on any atom is -0.507 e.